The summed E-state index contributed by atoms with van der Waals surface area (Å²) >= 11 is 3.42. The molecule has 1 N–H and O–H groups in total. The summed E-state index contributed by atoms with van der Waals surface area (Å²) in [5.74, 6) is 0.627. The fourth-order valence-corrected chi connectivity index (χ4v) is 3.37. The summed E-state index contributed by atoms with van der Waals surface area (Å²) in [6, 6.07) is 5.64. The number of hydrogen-bond acceptors (Lipinski definition) is 1. The molecule has 0 aliphatic heterocycles. The van der Waals surface area contributed by atoms with Gasteiger partial charge in [-0.15, -0.1) is 0 Å². The van der Waals surface area contributed by atoms with Gasteiger partial charge in [0.2, 0.25) is 0 Å². The molecule has 2 rings (SSSR count). The summed E-state index contributed by atoms with van der Waals surface area (Å²) in [7, 11) is 0. The van der Waals surface area contributed by atoms with E-state index in [-0.39, 0.29) is 5.82 Å². The normalized spacial score (nSPS) is 18.2. The molecule has 0 bridgehead atoms. The summed E-state index contributed by atoms with van der Waals surface area (Å²) < 4.78 is 14.8. The zero-order chi connectivity index (χ0) is 13.0. The van der Waals surface area contributed by atoms with E-state index in [2.05, 4.69) is 28.2 Å². The van der Waals surface area contributed by atoms with Crippen LogP contribution in [0.2, 0.25) is 0 Å². The highest BCUT2D eigenvalue weighted by Gasteiger charge is 2.25. The van der Waals surface area contributed by atoms with Gasteiger partial charge in [0.25, 0.3) is 0 Å². The van der Waals surface area contributed by atoms with Gasteiger partial charge in [-0.1, -0.05) is 35.7 Å². The Morgan fingerprint density at radius 2 is 2.11 bits per heavy atom. The third kappa shape index (κ3) is 3.55. The quantitative estimate of drug-likeness (QED) is 0.854. The van der Waals surface area contributed by atoms with Crippen LogP contribution < -0.4 is 5.32 Å². The van der Waals surface area contributed by atoms with Crippen molar-refractivity contribution in [3.8, 4) is 0 Å². The second-order valence-corrected chi connectivity index (χ2v) is 6.06. The largest absolute Gasteiger partial charge is 0.314 e. The summed E-state index contributed by atoms with van der Waals surface area (Å²) in [6.07, 6.45) is 6.02. The fraction of sp³-hybridized carbons (Fsp3) is 0.600. The van der Waals surface area contributed by atoms with Gasteiger partial charge in [0.05, 0.1) is 0 Å². The number of hydrogen-bond donors (Lipinski definition) is 1. The molecule has 1 aliphatic rings. The van der Waals surface area contributed by atoms with Crippen LogP contribution in [0.5, 0.6) is 0 Å². The van der Waals surface area contributed by atoms with Crippen molar-refractivity contribution < 1.29 is 4.39 Å². The van der Waals surface area contributed by atoms with E-state index in [4.69, 9.17) is 0 Å². The Labute approximate surface area is 117 Å². The van der Waals surface area contributed by atoms with Crippen LogP contribution in [0.4, 0.5) is 4.39 Å². The molecule has 1 nitrogen and oxygen atoms in total. The van der Waals surface area contributed by atoms with E-state index in [9.17, 15) is 4.39 Å². The van der Waals surface area contributed by atoms with Crippen LogP contribution in [0.3, 0.4) is 0 Å². The zero-order valence-corrected chi connectivity index (χ0v) is 12.5. The van der Waals surface area contributed by atoms with Gasteiger partial charge in [0.15, 0.2) is 0 Å². The van der Waals surface area contributed by atoms with Crippen molar-refractivity contribution in [3.05, 3.63) is 34.1 Å². The average molecular weight is 314 g/mol. The van der Waals surface area contributed by atoms with Gasteiger partial charge in [-0.25, -0.2) is 4.39 Å². The Bertz CT molecular complexity index is 388. The van der Waals surface area contributed by atoms with Crippen LogP contribution in [0.1, 0.15) is 38.2 Å². The number of halogens is 2. The molecule has 0 spiro atoms. The number of nitrogens with one attached hydrogen (secondary N) is 1. The molecule has 1 fully saturated rings. The minimum absolute atomic E-state index is 0.0842. The Kier molecular flexibility index (Phi) is 5.19. The zero-order valence-electron chi connectivity index (χ0n) is 10.9. The third-order valence-corrected chi connectivity index (χ3v) is 4.38. The molecule has 1 saturated carbocycles. The van der Waals surface area contributed by atoms with Crippen LogP contribution >= 0.6 is 15.9 Å². The fourth-order valence-electron chi connectivity index (χ4n) is 2.96. The Morgan fingerprint density at radius 3 is 2.78 bits per heavy atom. The maximum absolute atomic E-state index is 13.8. The van der Waals surface area contributed by atoms with Crippen LogP contribution in [0.15, 0.2) is 22.7 Å². The lowest BCUT2D eigenvalue weighted by Gasteiger charge is -2.24. The summed E-state index contributed by atoms with van der Waals surface area (Å²) in [5, 5.41) is 3.54. The van der Waals surface area contributed by atoms with Gasteiger partial charge in [-0.05, 0) is 55.5 Å². The number of rotatable bonds is 5. The second-order valence-electron chi connectivity index (χ2n) is 5.15. The Balaban J connectivity index is 2.09. The Hall–Kier alpha value is -0.410. The second kappa shape index (κ2) is 6.67. The minimum Gasteiger partial charge on any atom is -0.314 e. The molecule has 0 heterocycles. The first-order valence-corrected chi connectivity index (χ1v) is 7.67. The molecule has 0 aromatic heterocycles. The topological polar surface area (TPSA) is 12.0 Å². The molecule has 0 radical (unpaired) electrons. The molecule has 0 amide bonds. The molecule has 18 heavy (non-hydrogen) atoms. The summed E-state index contributed by atoms with van der Waals surface area (Å²) in [5.41, 5.74) is 0.822. The lowest BCUT2D eigenvalue weighted by Crippen LogP contribution is -2.37. The van der Waals surface area contributed by atoms with E-state index in [1.54, 1.807) is 12.1 Å². The van der Waals surface area contributed by atoms with Crippen molar-refractivity contribution in [1.82, 2.24) is 5.32 Å². The highest BCUT2D eigenvalue weighted by Crippen LogP contribution is 2.30. The van der Waals surface area contributed by atoms with E-state index in [0.717, 1.165) is 23.0 Å². The molecule has 1 aliphatic carbocycles. The number of likely N-dealkylation sites (N-methyl/N-ethyl adjacent to an activating group) is 1. The molecule has 1 atom stereocenters. The van der Waals surface area contributed by atoms with Gasteiger partial charge in [0.1, 0.15) is 5.82 Å². The first-order valence-electron chi connectivity index (χ1n) is 6.88. The van der Waals surface area contributed by atoms with Crippen LogP contribution in [-0.4, -0.2) is 12.6 Å². The van der Waals surface area contributed by atoms with Crippen molar-refractivity contribution in [2.75, 3.05) is 6.54 Å². The standard InChI is InChI=1S/C15H21BrFN/c1-2-18-15(11-5-3-4-6-11)10-12-9-13(16)7-8-14(12)17/h7-9,11,15,18H,2-6,10H2,1H3. The van der Waals surface area contributed by atoms with Gasteiger partial charge in [-0.3, -0.25) is 0 Å². The highest BCUT2D eigenvalue weighted by atomic mass is 79.9. The van der Waals surface area contributed by atoms with E-state index in [1.807, 2.05) is 6.07 Å². The van der Waals surface area contributed by atoms with E-state index < -0.39 is 0 Å². The molecule has 0 saturated heterocycles. The SMILES string of the molecule is CCNC(Cc1cc(Br)ccc1F)C1CCCC1. The monoisotopic (exact) mass is 313 g/mol. The molecule has 1 aromatic rings. The highest BCUT2D eigenvalue weighted by molar-refractivity contribution is 9.10. The van der Waals surface area contributed by atoms with Gasteiger partial charge < -0.3 is 5.32 Å². The third-order valence-electron chi connectivity index (χ3n) is 3.88. The molecular formula is C15H21BrFN. The van der Waals surface area contributed by atoms with Crippen molar-refractivity contribution in [3.63, 3.8) is 0 Å². The minimum atomic E-state index is -0.0842. The maximum atomic E-state index is 13.8. The van der Waals surface area contributed by atoms with Crippen LogP contribution in [-0.2, 0) is 6.42 Å². The smallest absolute Gasteiger partial charge is 0.126 e. The van der Waals surface area contributed by atoms with Crippen LogP contribution in [0, 0.1) is 11.7 Å². The predicted octanol–water partition coefficient (Wildman–Crippen LogP) is 4.30. The molecule has 3 heteroatoms. The molecule has 100 valence electrons. The number of benzene rings is 1. The van der Waals surface area contributed by atoms with Crippen LogP contribution in [0.25, 0.3) is 0 Å². The van der Waals surface area contributed by atoms with E-state index in [1.165, 1.54) is 25.7 Å². The molecule has 1 aromatic carbocycles. The predicted molar refractivity (Wildman–Crippen MR) is 77.2 cm³/mol. The van der Waals surface area contributed by atoms with Crippen molar-refractivity contribution >= 4 is 15.9 Å². The summed E-state index contributed by atoms with van der Waals surface area (Å²) in [6.45, 7) is 3.08. The lowest BCUT2D eigenvalue weighted by molar-refractivity contribution is 0.359. The maximum Gasteiger partial charge on any atom is 0.126 e. The molecule has 1 unspecified atom stereocenters. The first-order chi connectivity index (χ1) is 8.70. The van der Waals surface area contributed by atoms with Gasteiger partial charge >= 0.3 is 0 Å². The lowest BCUT2D eigenvalue weighted by atomic mass is 9.92. The van der Waals surface area contributed by atoms with E-state index >= 15 is 0 Å². The van der Waals surface area contributed by atoms with Crippen molar-refractivity contribution in [2.45, 2.75) is 45.1 Å². The molecular weight excluding hydrogens is 293 g/mol. The van der Waals surface area contributed by atoms with Crippen molar-refractivity contribution in [1.29, 1.82) is 0 Å². The van der Waals surface area contributed by atoms with Gasteiger partial charge in [-0.2, -0.15) is 0 Å². The van der Waals surface area contributed by atoms with E-state index in [0.29, 0.717) is 12.0 Å². The van der Waals surface area contributed by atoms with Gasteiger partial charge in [0, 0.05) is 10.5 Å². The van der Waals surface area contributed by atoms with Crippen molar-refractivity contribution in [2.24, 2.45) is 5.92 Å². The Morgan fingerprint density at radius 1 is 1.39 bits per heavy atom. The first kappa shape index (κ1) is 14.0. The summed E-state index contributed by atoms with van der Waals surface area (Å²) in [4.78, 5) is 0. The average Bonchev–Trinajstić information content (AvgIpc) is 2.87.